The fourth-order valence-electron chi connectivity index (χ4n) is 3.78. The van der Waals surface area contributed by atoms with Crippen LogP contribution in [0, 0.1) is 10.1 Å². The Labute approximate surface area is 264 Å². The summed E-state index contributed by atoms with van der Waals surface area (Å²) < 4.78 is 11.3. The van der Waals surface area contributed by atoms with Gasteiger partial charge in [-0.05, 0) is 66.2 Å². The van der Waals surface area contributed by atoms with Crippen molar-refractivity contribution in [3.05, 3.63) is 133 Å². The second-order valence-electron chi connectivity index (χ2n) is 8.87. The highest BCUT2D eigenvalue weighted by Crippen LogP contribution is 2.25. The van der Waals surface area contributed by atoms with E-state index in [0.717, 1.165) is 6.08 Å². The summed E-state index contributed by atoms with van der Waals surface area (Å²) in [5.74, 6) is -1.28. The maximum Gasteiger partial charge on any atom is 0.336 e. The molecule has 0 bridgehead atoms. The molecule has 0 aliphatic rings. The Kier molecular flexibility index (Phi) is 10.6. The zero-order valence-corrected chi connectivity index (χ0v) is 25.2. The van der Waals surface area contributed by atoms with Crippen LogP contribution in [0.1, 0.15) is 31.8 Å². The van der Waals surface area contributed by atoms with E-state index in [1.165, 1.54) is 55.8 Å². The number of ether oxygens (including phenoxy) is 2. The third-order valence-corrected chi connectivity index (χ3v) is 6.56. The lowest BCUT2D eigenvalue weighted by Crippen LogP contribution is -2.18. The number of nitro groups is 1. The number of nitro benzene ring substituents is 1. The number of rotatable bonds is 10. The van der Waals surface area contributed by atoms with E-state index in [2.05, 4.69) is 31.8 Å². The molecule has 0 atom stereocenters. The molecule has 0 aliphatic carbocycles. The predicted molar refractivity (Wildman–Crippen MR) is 169 cm³/mol. The molecule has 0 aromatic heterocycles. The molecule has 13 heteroatoms. The third-order valence-electron chi connectivity index (χ3n) is 5.83. The van der Waals surface area contributed by atoms with Crippen LogP contribution in [-0.2, 0) is 4.79 Å². The average molecular weight is 678 g/mol. The van der Waals surface area contributed by atoms with Gasteiger partial charge in [0.05, 0.1) is 23.8 Å². The minimum atomic E-state index is -0.730. The number of non-ortho nitro benzene ring substituents is 1. The highest BCUT2D eigenvalue weighted by molar-refractivity contribution is 9.10. The van der Waals surface area contributed by atoms with E-state index in [1.807, 2.05) is 0 Å². The Morgan fingerprint density at radius 3 is 2.50 bits per heavy atom. The van der Waals surface area contributed by atoms with Crippen LogP contribution in [0.5, 0.6) is 11.5 Å². The van der Waals surface area contributed by atoms with Gasteiger partial charge in [0, 0.05) is 44.5 Å². The van der Waals surface area contributed by atoms with Gasteiger partial charge in [0.25, 0.3) is 17.5 Å². The van der Waals surface area contributed by atoms with Gasteiger partial charge in [-0.25, -0.2) is 10.2 Å². The molecule has 44 heavy (non-hydrogen) atoms. The molecule has 4 aromatic carbocycles. The van der Waals surface area contributed by atoms with Crippen molar-refractivity contribution in [1.82, 2.24) is 5.43 Å². The Morgan fingerprint density at radius 1 is 0.955 bits per heavy atom. The molecule has 2 N–H and O–H groups in total. The topological polar surface area (TPSA) is 149 Å². The first-order valence-corrected chi connectivity index (χ1v) is 13.8. The van der Waals surface area contributed by atoms with Crippen LogP contribution in [-0.4, -0.2) is 36.0 Å². The van der Waals surface area contributed by atoms with E-state index in [9.17, 15) is 24.5 Å². The number of amides is 2. The van der Waals surface area contributed by atoms with Crippen molar-refractivity contribution in [2.45, 2.75) is 0 Å². The second-order valence-corrected chi connectivity index (χ2v) is 10.2. The van der Waals surface area contributed by atoms with E-state index >= 15 is 0 Å². The molecule has 11 nitrogen and oxygen atoms in total. The second kappa shape index (κ2) is 14.7. The Morgan fingerprint density at radius 2 is 1.73 bits per heavy atom. The number of esters is 1. The number of hydrogen-bond donors (Lipinski definition) is 2. The number of halogens is 2. The molecule has 0 radical (unpaired) electrons. The summed E-state index contributed by atoms with van der Waals surface area (Å²) in [5.41, 5.74) is 3.91. The van der Waals surface area contributed by atoms with Gasteiger partial charge in [-0.3, -0.25) is 19.7 Å². The van der Waals surface area contributed by atoms with Gasteiger partial charge in [-0.1, -0.05) is 45.7 Å². The number of carbonyl (C=O) groups excluding carboxylic acids is 3. The summed E-state index contributed by atoms with van der Waals surface area (Å²) in [5, 5.41) is 18.0. The fraction of sp³-hybridized carbons (Fsp3) is 0.0323. The molecule has 4 rings (SSSR count). The number of hydrogen-bond acceptors (Lipinski definition) is 8. The van der Waals surface area contributed by atoms with Gasteiger partial charge in [-0.15, -0.1) is 0 Å². The molecule has 4 aromatic rings. The van der Waals surface area contributed by atoms with Gasteiger partial charge in [0.15, 0.2) is 0 Å². The average Bonchev–Trinajstić information content (AvgIpc) is 3.01. The molecule has 0 saturated heterocycles. The molecule has 0 fully saturated rings. The van der Waals surface area contributed by atoms with E-state index in [1.54, 1.807) is 48.5 Å². The van der Waals surface area contributed by atoms with Gasteiger partial charge < -0.3 is 14.8 Å². The quantitative estimate of drug-likeness (QED) is 0.0476. The number of hydrazone groups is 1. The lowest BCUT2D eigenvalue weighted by atomic mass is 10.1. The zero-order chi connectivity index (χ0) is 31.6. The number of carbonyl (C=O) groups is 3. The van der Waals surface area contributed by atoms with Crippen LogP contribution in [0.25, 0.3) is 6.08 Å². The first-order chi connectivity index (χ1) is 21.1. The number of nitrogens with one attached hydrogen (secondary N) is 2. The van der Waals surface area contributed by atoms with Crippen molar-refractivity contribution in [3.8, 4) is 11.5 Å². The monoisotopic (exact) mass is 676 g/mol. The molecular formula is C31H22BrClN4O7. The van der Waals surface area contributed by atoms with Crippen LogP contribution in [0.15, 0.2) is 101 Å². The maximum absolute atomic E-state index is 12.8. The van der Waals surface area contributed by atoms with Crippen molar-refractivity contribution in [1.29, 1.82) is 0 Å². The van der Waals surface area contributed by atoms with Crippen molar-refractivity contribution >= 4 is 69.0 Å². The first-order valence-electron chi connectivity index (χ1n) is 12.6. The van der Waals surface area contributed by atoms with Crippen molar-refractivity contribution in [2.24, 2.45) is 5.10 Å². The van der Waals surface area contributed by atoms with Gasteiger partial charge >= 0.3 is 5.97 Å². The van der Waals surface area contributed by atoms with Crippen LogP contribution in [0.2, 0.25) is 5.02 Å². The predicted octanol–water partition coefficient (Wildman–Crippen LogP) is 6.65. The minimum Gasteiger partial charge on any atom is -0.496 e. The highest BCUT2D eigenvalue weighted by atomic mass is 79.9. The largest absolute Gasteiger partial charge is 0.496 e. The maximum atomic E-state index is 12.8. The van der Waals surface area contributed by atoms with E-state index in [0.29, 0.717) is 32.1 Å². The smallest absolute Gasteiger partial charge is 0.336 e. The summed E-state index contributed by atoms with van der Waals surface area (Å²) in [6, 6.07) is 21.5. The van der Waals surface area contributed by atoms with E-state index in [-0.39, 0.29) is 22.6 Å². The third kappa shape index (κ3) is 8.60. The van der Waals surface area contributed by atoms with Crippen LogP contribution < -0.4 is 20.2 Å². The number of nitrogens with zero attached hydrogens (tertiary/aromatic N) is 2. The molecule has 222 valence electrons. The fourth-order valence-corrected chi connectivity index (χ4v) is 4.33. The van der Waals surface area contributed by atoms with E-state index < -0.39 is 22.7 Å². The Balaban J connectivity index is 1.41. The summed E-state index contributed by atoms with van der Waals surface area (Å²) in [7, 11) is 1.44. The van der Waals surface area contributed by atoms with Gasteiger partial charge in [0.1, 0.15) is 11.5 Å². The van der Waals surface area contributed by atoms with Crippen LogP contribution >= 0.6 is 27.5 Å². The molecule has 0 saturated carbocycles. The molecule has 0 heterocycles. The number of benzene rings is 4. The van der Waals surface area contributed by atoms with Crippen molar-refractivity contribution in [3.63, 3.8) is 0 Å². The first kappa shape index (κ1) is 31.6. The molecular weight excluding hydrogens is 656 g/mol. The highest BCUT2D eigenvalue weighted by Gasteiger charge is 2.15. The lowest BCUT2D eigenvalue weighted by molar-refractivity contribution is -0.384. The summed E-state index contributed by atoms with van der Waals surface area (Å²) in [4.78, 5) is 48.5. The standard InChI is InChI=1S/C31H22BrClN4O7/c1-43-28-12-10-23(33)17-26(28)31(40)35-24-6-3-5-20(16-24)30(39)36-34-18-21-15-22(32)9-11-27(21)44-29(38)13-8-19-4-2-7-25(14-19)37(41)42/h2-18H,1H3,(H,35,40)(H,36,39)/b13-8+,34-18?. The minimum absolute atomic E-state index is 0.108. The number of anilines is 1. The van der Waals surface area contributed by atoms with E-state index in [4.69, 9.17) is 21.1 Å². The van der Waals surface area contributed by atoms with Gasteiger partial charge in [0.2, 0.25) is 0 Å². The SMILES string of the molecule is COc1ccc(Cl)cc1C(=O)Nc1cccc(C(=O)NN=Cc2cc(Br)ccc2OC(=O)/C=C/c2cccc([N+](=O)[O-])c2)c1. The zero-order valence-electron chi connectivity index (χ0n) is 22.8. The summed E-state index contributed by atoms with van der Waals surface area (Å²) >= 11 is 9.37. The molecule has 0 aliphatic heterocycles. The molecule has 2 amide bonds. The summed E-state index contributed by atoms with van der Waals surface area (Å²) in [6.07, 6.45) is 3.83. The lowest BCUT2D eigenvalue weighted by Gasteiger charge is -2.10. The number of methoxy groups -OCH3 is 1. The molecule has 0 spiro atoms. The normalized spacial score (nSPS) is 10.9. The van der Waals surface area contributed by atoms with Crippen molar-refractivity contribution in [2.75, 3.05) is 12.4 Å². The Hall–Kier alpha value is -5.33. The summed E-state index contributed by atoms with van der Waals surface area (Å²) in [6.45, 7) is 0. The van der Waals surface area contributed by atoms with Crippen LogP contribution in [0.4, 0.5) is 11.4 Å². The molecule has 0 unspecified atom stereocenters. The van der Waals surface area contributed by atoms with Gasteiger partial charge in [-0.2, -0.15) is 5.10 Å². The van der Waals surface area contributed by atoms with Crippen molar-refractivity contribution < 1.29 is 28.8 Å². The Bertz CT molecular complexity index is 1810. The van der Waals surface area contributed by atoms with Crippen LogP contribution in [0.3, 0.4) is 0 Å².